The van der Waals surface area contributed by atoms with Crippen LogP contribution in [-0.4, -0.2) is 23.1 Å². The molecule has 1 atom stereocenters. The van der Waals surface area contributed by atoms with Crippen LogP contribution in [0, 0.1) is 0 Å². The van der Waals surface area contributed by atoms with Gasteiger partial charge in [0.05, 0.1) is 12.8 Å². The molecule has 1 N–H and O–H groups in total. The van der Waals surface area contributed by atoms with Gasteiger partial charge in [-0.25, -0.2) is 0 Å². The third-order valence-electron chi connectivity index (χ3n) is 1.11. The van der Waals surface area contributed by atoms with Gasteiger partial charge in [-0.1, -0.05) is 6.08 Å². The van der Waals surface area contributed by atoms with E-state index >= 15 is 0 Å². The third-order valence-corrected chi connectivity index (χ3v) is 1.11. The van der Waals surface area contributed by atoms with E-state index in [0.717, 1.165) is 0 Å². The van der Waals surface area contributed by atoms with Crippen LogP contribution in [0.4, 0.5) is 0 Å². The Morgan fingerprint density at radius 3 is 2.67 bits per heavy atom. The van der Waals surface area contributed by atoms with Crippen LogP contribution in [0.2, 0.25) is 0 Å². The Morgan fingerprint density at radius 2 is 2.25 bits per heavy atom. The maximum absolute atomic E-state index is 10.7. The summed E-state index contributed by atoms with van der Waals surface area (Å²) < 4.78 is 4.71. The number of carbonyl (C=O) groups is 2. The SMILES string of the molecule is C=CCC(=O)OC(C)CC(=O)O. The summed E-state index contributed by atoms with van der Waals surface area (Å²) in [6.07, 6.45) is 0.790. The fraction of sp³-hybridized carbons (Fsp3) is 0.500. The molecule has 0 rings (SSSR count). The van der Waals surface area contributed by atoms with Crippen molar-refractivity contribution in [2.75, 3.05) is 0 Å². The van der Waals surface area contributed by atoms with Crippen molar-refractivity contribution < 1.29 is 19.4 Å². The second kappa shape index (κ2) is 5.35. The number of carbonyl (C=O) groups excluding carboxylic acids is 1. The Kier molecular flexibility index (Phi) is 4.76. The van der Waals surface area contributed by atoms with Crippen LogP contribution in [-0.2, 0) is 14.3 Å². The monoisotopic (exact) mass is 172 g/mol. The molecule has 0 radical (unpaired) electrons. The van der Waals surface area contributed by atoms with E-state index in [-0.39, 0.29) is 12.8 Å². The molecule has 0 fully saturated rings. The van der Waals surface area contributed by atoms with Crippen molar-refractivity contribution in [2.24, 2.45) is 0 Å². The zero-order valence-electron chi connectivity index (χ0n) is 6.95. The zero-order valence-corrected chi connectivity index (χ0v) is 6.95. The molecule has 0 heterocycles. The molecule has 0 saturated heterocycles. The Bertz CT molecular complexity index is 185. The molecule has 0 aromatic rings. The fourth-order valence-electron chi connectivity index (χ4n) is 0.678. The Balaban J connectivity index is 3.67. The molecule has 12 heavy (non-hydrogen) atoms. The Morgan fingerprint density at radius 1 is 1.67 bits per heavy atom. The van der Waals surface area contributed by atoms with E-state index in [1.54, 1.807) is 0 Å². The number of carboxylic acids is 1. The molecule has 0 aromatic heterocycles. The first-order valence-corrected chi connectivity index (χ1v) is 3.58. The van der Waals surface area contributed by atoms with E-state index in [0.29, 0.717) is 0 Å². The van der Waals surface area contributed by atoms with Crippen molar-refractivity contribution in [1.29, 1.82) is 0 Å². The average molecular weight is 172 g/mol. The highest BCUT2D eigenvalue weighted by Crippen LogP contribution is 1.99. The number of esters is 1. The summed E-state index contributed by atoms with van der Waals surface area (Å²) in [5.41, 5.74) is 0. The highest BCUT2D eigenvalue weighted by Gasteiger charge is 2.11. The molecule has 0 aromatic carbocycles. The number of carboxylic acid groups (broad SMARTS) is 1. The van der Waals surface area contributed by atoms with Crippen LogP contribution >= 0.6 is 0 Å². The first-order valence-electron chi connectivity index (χ1n) is 3.58. The van der Waals surface area contributed by atoms with Gasteiger partial charge in [-0.3, -0.25) is 9.59 Å². The average Bonchev–Trinajstić information content (AvgIpc) is 1.84. The molecule has 68 valence electrons. The largest absolute Gasteiger partial charge is 0.481 e. The first kappa shape index (κ1) is 10.7. The molecule has 0 bridgehead atoms. The normalized spacial score (nSPS) is 11.8. The van der Waals surface area contributed by atoms with Gasteiger partial charge >= 0.3 is 11.9 Å². The van der Waals surface area contributed by atoms with E-state index in [1.807, 2.05) is 0 Å². The molecule has 0 aliphatic heterocycles. The predicted molar refractivity (Wildman–Crippen MR) is 42.6 cm³/mol. The maximum Gasteiger partial charge on any atom is 0.309 e. The molecule has 0 aliphatic carbocycles. The summed E-state index contributed by atoms with van der Waals surface area (Å²) in [4.78, 5) is 20.9. The number of hydrogen-bond donors (Lipinski definition) is 1. The van der Waals surface area contributed by atoms with Crippen LogP contribution in [0.25, 0.3) is 0 Å². The lowest BCUT2D eigenvalue weighted by Crippen LogP contribution is -2.17. The van der Waals surface area contributed by atoms with Gasteiger partial charge in [0.15, 0.2) is 0 Å². The minimum Gasteiger partial charge on any atom is -0.481 e. The molecule has 0 saturated carbocycles. The predicted octanol–water partition coefficient (Wildman–Crippen LogP) is 0.969. The lowest BCUT2D eigenvalue weighted by molar-refractivity contribution is -0.150. The number of hydrogen-bond acceptors (Lipinski definition) is 3. The molecule has 4 heteroatoms. The van der Waals surface area contributed by atoms with Gasteiger partial charge in [-0.2, -0.15) is 0 Å². The molecule has 0 spiro atoms. The third kappa shape index (κ3) is 5.46. The van der Waals surface area contributed by atoms with Crippen LogP contribution in [0.15, 0.2) is 12.7 Å². The van der Waals surface area contributed by atoms with Crippen LogP contribution < -0.4 is 0 Å². The van der Waals surface area contributed by atoms with E-state index in [4.69, 9.17) is 9.84 Å². The molecule has 0 aliphatic rings. The maximum atomic E-state index is 10.7. The molecule has 4 nitrogen and oxygen atoms in total. The lowest BCUT2D eigenvalue weighted by atomic mass is 10.3. The quantitative estimate of drug-likeness (QED) is 0.495. The summed E-state index contributed by atoms with van der Waals surface area (Å²) in [5.74, 6) is -1.42. The van der Waals surface area contributed by atoms with Crippen molar-refractivity contribution in [2.45, 2.75) is 25.9 Å². The molecular weight excluding hydrogens is 160 g/mol. The second-order valence-corrected chi connectivity index (χ2v) is 2.39. The van der Waals surface area contributed by atoms with Gasteiger partial charge in [-0.15, -0.1) is 6.58 Å². The van der Waals surface area contributed by atoms with E-state index < -0.39 is 18.0 Å². The number of aliphatic carboxylic acids is 1. The molecule has 0 amide bonds. The van der Waals surface area contributed by atoms with Gasteiger partial charge in [0.1, 0.15) is 6.10 Å². The van der Waals surface area contributed by atoms with Crippen molar-refractivity contribution in [1.82, 2.24) is 0 Å². The minimum atomic E-state index is -0.978. The minimum absolute atomic E-state index is 0.115. The second-order valence-electron chi connectivity index (χ2n) is 2.39. The Labute approximate surface area is 70.8 Å². The van der Waals surface area contributed by atoms with Crippen LogP contribution in [0.1, 0.15) is 19.8 Å². The Hall–Kier alpha value is -1.32. The van der Waals surface area contributed by atoms with Gasteiger partial charge in [-0.05, 0) is 6.92 Å². The first-order chi connectivity index (χ1) is 5.56. The van der Waals surface area contributed by atoms with Crippen LogP contribution in [0.3, 0.4) is 0 Å². The van der Waals surface area contributed by atoms with Gasteiger partial charge in [0.2, 0.25) is 0 Å². The summed E-state index contributed by atoms with van der Waals surface area (Å²) in [6.45, 7) is 4.89. The van der Waals surface area contributed by atoms with Crippen molar-refractivity contribution in [3.8, 4) is 0 Å². The van der Waals surface area contributed by atoms with Crippen molar-refractivity contribution in [3.63, 3.8) is 0 Å². The molecule has 1 unspecified atom stereocenters. The van der Waals surface area contributed by atoms with Gasteiger partial charge < -0.3 is 9.84 Å². The smallest absolute Gasteiger partial charge is 0.309 e. The summed E-state index contributed by atoms with van der Waals surface area (Å²) in [5, 5.41) is 8.32. The van der Waals surface area contributed by atoms with Gasteiger partial charge in [0.25, 0.3) is 0 Å². The number of ether oxygens (including phenoxy) is 1. The van der Waals surface area contributed by atoms with E-state index in [1.165, 1.54) is 13.0 Å². The van der Waals surface area contributed by atoms with Crippen LogP contribution in [0.5, 0.6) is 0 Å². The highest BCUT2D eigenvalue weighted by atomic mass is 16.5. The van der Waals surface area contributed by atoms with E-state index in [2.05, 4.69) is 6.58 Å². The van der Waals surface area contributed by atoms with Gasteiger partial charge in [0, 0.05) is 0 Å². The highest BCUT2D eigenvalue weighted by molar-refractivity contribution is 5.72. The van der Waals surface area contributed by atoms with E-state index in [9.17, 15) is 9.59 Å². The summed E-state index contributed by atoms with van der Waals surface area (Å²) in [6, 6.07) is 0. The summed E-state index contributed by atoms with van der Waals surface area (Å²) >= 11 is 0. The molecular formula is C8H12O4. The van der Waals surface area contributed by atoms with Crippen molar-refractivity contribution >= 4 is 11.9 Å². The standard InChI is InChI=1S/C8H12O4/c1-3-4-8(11)12-6(2)5-7(9)10/h3,6H,1,4-5H2,2H3,(H,9,10). The fourth-order valence-corrected chi connectivity index (χ4v) is 0.678. The zero-order chi connectivity index (χ0) is 9.56. The lowest BCUT2D eigenvalue weighted by Gasteiger charge is -2.09. The number of rotatable bonds is 5. The topological polar surface area (TPSA) is 63.6 Å². The summed E-state index contributed by atoms with van der Waals surface area (Å²) in [7, 11) is 0. The van der Waals surface area contributed by atoms with Crippen molar-refractivity contribution in [3.05, 3.63) is 12.7 Å².